The van der Waals surface area contributed by atoms with Crippen molar-refractivity contribution in [1.82, 2.24) is 4.90 Å². The molecule has 0 bridgehead atoms. The van der Waals surface area contributed by atoms with E-state index in [4.69, 9.17) is 4.74 Å². The van der Waals surface area contributed by atoms with Gasteiger partial charge in [0.1, 0.15) is 13.7 Å². The van der Waals surface area contributed by atoms with Crippen LogP contribution in [0.3, 0.4) is 0 Å². The van der Waals surface area contributed by atoms with Crippen molar-refractivity contribution in [3.63, 3.8) is 0 Å². The fourth-order valence-electron chi connectivity index (χ4n) is 1.36. The van der Waals surface area contributed by atoms with Gasteiger partial charge in [-0.15, -0.1) is 11.5 Å². The Bertz CT molecular complexity index is 348. The van der Waals surface area contributed by atoms with Crippen molar-refractivity contribution in [2.24, 2.45) is 5.92 Å². The van der Waals surface area contributed by atoms with Crippen LogP contribution in [-0.4, -0.2) is 37.8 Å². The molecule has 0 aromatic heterocycles. The molecule has 0 aromatic rings. The Morgan fingerprint density at radius 3 is 2.24 bits per heavy atom. The summed E-state index contributed by atoms with van der Waals surface area (Å²) >= 11 is 0. The molecule has 1 rings (SSSR count). The minimum Gasteiger partial charge on any atom is -0.444 e. The van der Waals surface area contributed by atoms with Crippen molar-refractivity contribution in [2.45, 2.75) is 46.0 Å². The molecule has 0 saturated carbocycles. The van der Waals surface area contributed by atoms with Crippen LogP contribution in [0.1, 0.15) is 20.8 Å². The van der Waals surface area contributed by atoms with E-state index in [-0.39, 0.29) is 6.09 Å². The molecule has 0 aromatic carbocycles. The first-order valence-corrected chi connectivity index (χ1v) is 9.57. The predicted octanol–water partition coefficient (Wildman–Crippen LogP) is 2.73. The first-order chi connectivity index (χ1) is 7.57. The average Bonchev–Trinajstić information content (AvgIpc) is 1.94. The highest BCUT2D eigenvalue weighted by Crippen LogP contribution is 2.19. The highest BCUT2D eigenvalue weighted by molar-refractivity contribution is 6.83. The van der Waals surface area contributed by atoms with Crippen LogP contribution in [0.5, 0.6) is 0 Å². The molecule has 0 atom stereocenters. The number of ether oxygens (including phenoxy) is 1. The number of carbonyl (C=O) groups is 1. The van der Waals surface area contributed by atoms with Gasteiger partial charge in [-0.3, -0.25) is 0 Å². The number of amides is 1. The predicted molar refractivity (Wildman–Crippen MR) is 72.4 cm³/mol. The number of nitrogens with zero attached hydrogens (tertiary/aromatic N) is 1. The van der Waals surface area contributed by atoms with Gasteiger partial charge in [0, 0.05) is 13.1 Å². The zero-order chi connectivity index (χ0) is 13.3. The van der Waals surface area contributed by atoms with Crippen molar-refractivity contribution in [1.29, 1.82) is 0 Å². The summed E-state index contributed by atoms with van der Waals surface area (Å²) in [5.74, 6) is 3.61. The lowest BCUT2D eigenvalue weighted by Gasteiger charge is -2.37. The molecule has 1 saturated heterocycles. The maximum absolute atomic E-state index is 11.7. The van der Waals surface area contributed by atoms with Gasteiger partial charge in [0.25, 0.3) is 0 Å². The van der Waals surface area contributed by atoms with E-state index in [1.807, 2.05) is 20.8 Å². The molecule has 0 radical (unpaired) electrons. The fourth-order valence-corrected chi connectivity index (χ4v) is 2.00. The number of rotatable bonds is 0. The fraction of sp³-hybridized carbons (Fsp3) is 0.769. The Balaban J connectivity index is 2.37. The summed E-state index contributed by atoms with van der Waals surface area (Å²) in [7, 11) is -1.29. The van der Waals surface area contributed by atoms with Crippen LogP contribution >= 0.6 is 0 Å². The van der Waals surface area contributed by atoms with Crippen LogP contribution in [0.25, 0.3) is 0 Å². The van der Waals surface area contributed by atoms with Gasteiger partial charge in [0.2, 0.25) is 0 Å². The maximum atomic E-state index is 11.7. The van der Waals surface area contributed by atoms with Gasteiger partial charge in [-0.25, -0.2) is 4.79 Å². The molecule has 17 heavy (non-hydrogen) atoms. The van der Waals surface area contributed by atoms with Gasteiger partial charge >= 0.3 is 6.09 Å². The number of carbonyl (C=O) groups excluding carboxylic acids is 1. The standard InChI is InChI=1S/C13H23NO2Si/c1-13(2,3)16-12(15)14-9-11(10-14)7-8-17(4,5)6/h11H,9-10H2,1-6H3. The molecule has 1 aliphatic rings. The normalized spacial score (nSPS) is 16.9. The average molecular weight is 253 g/mol. The minimum absolute atomic E-state index is 0.219. The van der Waals surface area contributed by atoms with E-state index in [0.717, 1.165) is 0 Å². The first kappa shape index (κ1) is 14.1. The van der Waals surface area contributed by atoms with Crippen LogP contribution < -0.4 is 0 Å². The Morgan fingerprint density at radius 2 is 1.82 bits per heavy atom. The summed E-state index contributed by atoms with van der Waals surface area (Å²) in [6.45, 7) is 13.8. The second kappa shape index (κ2) is 4.73. The summed E-state index contributed by atoms with van der Waals surface area (Å²) in [6.07, 6.45) is -0.219. The summed E-state index contributed by atoms with van der Waals surface area (Å²) in [5.41, 5.74) is 2.93. The van der Waals surface area contributed by atoms with Crippen LogP contribution in [0.4, 0.5) is 4.79 Å². The van der Waals surface area contributed by atoms with Gasteiger partial charge in [-0.1, -0.05) is 19.6 Å². The van der Waals surface area contributed by atoms with Crippen molar-refractivity contribution >= 4 is 14.2 Å². The molecule has 0 aliphatic carbocycles. The van der Waals surface area contributed by atoms with Crippen LogP contribution in [0.15, 0.2) is 0 Å². The van der Waals surface area contributed by atoms with Gasteiger partial charge in [-0.2, -0.15) is 0 Å². The Labute approximate surface area is 106 Å². The molecular formula is C13H23NO2Si. The lowest BCUT2D eigenvalue weighted by Crippen LogP contribution is -2.51. The second-order valence-electron chi connectivity index (χ2n) is 6.60. The summed E-state index contributed by atoms with van der Waals surface area (Å²) < 4.78 is 5.28. The number of hydrogen-bond acceptors (Lipinski definition) is 2. The molecule has 0 N–H and O–H groups in total. The van der Waals surface area contributed by atoms with Gasteiger partial charge < -0.3 is 9.64 Å². The van der Waals surface area contributed by atoms with Crippen LogP contribution in [0, 0.1) is 17.4 Å². The highest BCUT2D eigenvalue weighted by atomic mass is 28.3. The first-order valence-electron chi connectivity index (χ1n) is 6.07. The SMILES string of the molecule is CC(C)(C)OC(=O)N1CC(C#C[Si](C)(C)C)C1. The highest BCUT2D eigenvalue weighted by Gasteiger charge is 2.32. The van der Waals surface area contributed by atoms with Crippen molar-refractivity contribution in [3.8, 4) is 11.5 Å². The third-order valence-corrected chi connectivity index (χ3v) is 3.08. The molecule has 4 heteroatoms. The van der Waals surface area contributed by atoms with Crippen LogP contribution in [0.2, 0.25) is 19.6 Å². The molecule has 0 spiro atoms. The molecule has 1 heterocycles. The van der Waals surface area contributed by atoms with E-state index in [2.05, 4.69) is 31.1 Å². The zero-order valence-corrected chi connectivity index (χ0v) is 12.8. The third kappa shape index (κ3) is 5.27. The Kier molecular flexibility index (Phi) is 3.93. The monoisotopic (exact) mass is 253 g/mol. The van der Waals surface area contributed by atoms with E-state index in [1.165, 1.54) is 0 Å². The topological polar surface area (TPSA) is 29.5 Å². The van der Waals surface area contributed by atoms with Gasteiger partial charge in [0.05, 0.1) is 5.92 Å². The maximum Gasteiger partial charge on any atom is 0.410 e. The molecular weight excluding hydrogens is 230 g/mol. The quantitative estimate of drug-likeness (QED) is 0.491. The van der Waals surface area contributed by atoms with E-state index in [1.54, 1.807) is 4.90 Å². The van der Waals surface area contributed by atoms with Crippen molar-refractivity contribution in [3.05, 3.63) is 0 Å². The number of hydrogen-bond donors (Lipinski definition) is 0. The smallest absolute Gasteiger partial charge is 0.410 e. The van der Waals surface area contributed by atoms with E-state index < -0.39 is 13.7 Å². The third-order valence-electron chi connectivity index (χ3n) is 2.18. The molecule has 3 nitrogen and oxygen atoms in total. The molecule has 1 aliphatic heterocycles. The second-order valence-corrected chi connectivity index (χ2v) is 11.4. The van der Waals surface area contributed by atoms with E-state index in [9.17, 15) is 4.79 Å². The summed E-state index contributed by atoms with van der Waals surface area (Å²) in [4.78, 5) is 13.4. The lowest BCUT2D eigenvalue weighted by molar-refractivity contribution is 0.00593. The number of likely N-dealkylation sites (tertiary alicyclic amines) is 1. The zero-order valence-electron chi connectivity index (χ0n) is 11.8. The Morgan fingerprint density at radius 1 is 1.29 bits per heavy atom. The van der Waals surface area contributed by atoms with E-state index >= 15 is 0 Å². The molecule has 1 amide bonds. The minimum atomic E-state index is -1.29. The van der Waals surface area contributed by atoms with Gasteiger partial charge in [0.15, 0.2) is 0 Å². The summed E-state index contributed by atoms with van der Waals surface area (Å²) in [6, 6.07) is 0. The van der Waals surface area contributed by atoms with E-state index in [0.29, 0.717) is 19.0 Å². The van der Waals surface area contributed by atoms with Crippen molar-refractivity contribution in [2.75, 3.05) is 13.1 Å². The molecule has 1 fully saturated rings. The molecule has 0 unspecified atom stereocenters. The van der Waals surface area contributed by atoms with Crippen molar-refractivity contribution < 1.29 is 9.53 Å². The largest absolute Gasteiger partial charge is 0.444 e. The lowest BCUT2D eigenvalue weighted by atomic mass is 10.0. The van der Waals surface area contributed by atoms with Gasteiger partial charge in [-0.05, 0) is 20.8 Å². The molecule has 96 valence electrons. The van der Waals surface area contributed by atoms with Crippen LogP contribution in [-0.2, 0) is 4.74 Å². The summed E-state index contributed by atoms with van der Waals surface area (Å²) in [5, 5.41) is 0. The Hall–Kier alpha value is -0.953.